The van der Waals surface area contributed by atoms with Gasteiger partial charge in [0.15, 0.2) is 0 Å². The van der Waals surface area contributed by atoms with Crippen molar-refractivity contribution in [1.82, 2.24) is 0 Å². The van der Waals surface area contributed by atoms with Crippen molar-refractivity contribution < 1.29 is 5.48 Å². The molecule has 10 heavy (non-hydrogen) atoms. The van der Waals surface area contributed by atoms with Crippen LogP contribution in [0.15, 0.2) is 24.3 Å². The minimum Gasteiger partial charge on any atom is -0.412 e. The van der Waals surface area contributed by atoms with Gasteiger partial charge in [-0.1, -0.05) is 6.07 Å². The van der Waals surface area contributed by atoms with Crippen LogP contribution in [-0.2, 0) is 0 Å². The van der Waals surface area contributed by atoms with E-state index in [1.165, 1.54) is 0 Å². The number of benzene rings is 1. The van der Waals surface area contributed by atoms with Crippen LogP contribution in [-0.4, -0.2) is 12.5 Å². The molecule has 0 spiro atoms. The summed E-state index contributed by atoms with van der Waals surface area (Å²) in [5.41, 5.74) is 7.34. The first-order chi connectivity index (χ1) is 4.33. The molecule has 0 heterocycles. The molecular weight excluding hydrogens is 128 g/mol. The van der Waals surface area contributed by atoms with Gasteiger partial charge in [-0.3, -0.25) is 0 Å². The molecule has 3 heteroatoms. The molecule has 0 aliphatic carbocycles. The number of nitrogens with two attached hydrogens (primary N) is 1. The van der Waals surface area contributed by atoms with Crippen molar-refractivity contribution in [2.75, 3.05) is 18.1 Å². The number of nitrogen functional groups attached to an aromatic ring is 1. The van der Waals surface area contributed by atoms with Crippen molar-refractivity contribution in [2.24, 2.45) is 0 Å². The Labute approximate surface area is 60.2 Å². The molecule has 0 unspecified atom stereocenters. The zero-order chi connectivity index (χ0) is 6.69. The van der Waals surface area contributed by atoms with Crippen molar-refractivity contribution in [1.29, 1.82) is 0 Å². The molecule has 1 aromatic rings. The van der Waals surface area contributed by atoms with Crippen LogP contribution in [0.25, 0.3) is 0 Å². The lowest BCUT2D eigenvalue weighted by Crippen LogP contribution is -1.89. The van der Waals surface area contributed by atoms with Crippen LogP contribution in [0.1, 0.15) is 0 Å². The van der Waals surface area contributed by atoms with Crippen molar-refractivity contribution in [3.63, 3.8) is 0 Å². The third-order valence-corrected chi connectivity index (χ3v) is 1.18. The second-order valence-corrected chi connectivity index (χ2v) is 1.88. The molecule has 5 N–H and O–H groups in total. The minimum atomic E-state index is 0. The summed E-state index contributed by atoms with van der Waals surface area (Å²) in [6, 6.07) is 7.64. The molecule has 0 radical (unpaired) electrons. The van der Waals surface area contributed by atoms with Crippen LogP contribution in [0.5, 0.6) is 0 Å². The van der Waals surface area contributed by atoms with Gasteiger partial charge in [-0.15, -0.1) is 0 Å². The van der Waals surface area contributed by atoms with Gasteiger partial charge in [-0.2, -0.15) is 0 Å². The van der Waals surface area contributed by atoms with E-state index < -0.39 is 0 Å². The van der Waals surface area contributed by atoms with Crippen LogP contribution in [0.2, 0.25) is 0 Å². The Bertz CT molecular complexity index is 201. The topological polar surface area (TPSA) is 69.5 Å². The number of nitrogens with one attached hydrogen (secondary N) is 1. The van der Waals surface area contributed by atoms with Gasteiger partial charge in [0.25, 0.3) is 0 Å². The Hall–Kier alpha value is -1.22. The zero-order valence-corrected chi connectivity index (χ0v) is 5.89. The van der Waals surface area contributed by atoms with E-state index in [9.17, 15) is 0 Å². The highest BCUT2D eigenvalue weighted by Crippen LogP contribution is 2.09. The normalized spacial score (nSPS) is 8.10. The van der Waals surface area contributed by atoms with Crippen molar-refractivity contribution in [3.8, 4) is 0 Å². The third kappa shape index (κ3) is 1.95. The molecule has 0 atom stereocenters. The maximum Gasteiger partial charge on any atom is 0.0358 e. The Kier molecular flexibility index (Phi) is 3.28. The lowest BCUT2D eigenvalue weighted by Gasteiger charge is -1.98. The predicted octanol–water partition coefficient (Wildman–Crippen LogP) is 0.486. The molecule has 0 saturated heterocycles. The molecule has 0 aliphatic heterocycles. The first kappa shape index (κ1) is 8.78. The van der Waals surface area contributed by atoms with Crippen LogP contribution in [0, 0.1) is 0 Å². The van der Waals surface area contributed by atoms with Gasteiger partial charge in [0.1, 0.15) is 0 Å². The monoisotopic (exact) mass is 140 g/mol. The first-order valence-electron chi connectivity index (χ1n) is 2.86. The lowest BCUT2D eigenvalue weighted by atomic mass is 10.3. The molecule has 0 aromatic heterocycles. The summed E-state index contributed by atoms with van der Waals surface area (Å²) in [7, 11) is 1.87. The highest BCUT2D eigenvalue weighted by atomic mass is 16.0. The third-order valence-electron chi connectivity index (χ3n) is 1.18. The van der Waals surface area contributed by atoms with Gasteiger partial charge in [0, 0.05) is 18.4 Å². The van der Waals surface area contributed by atoms with Gasteiger partial charge < -0.3 is 16.5 Å². The smallest absolute Gasteiger partial charge is 0.0358 e. The van der Waals surface area contributed by atoms with Crippen LogP contribution < -0.4 is 11.1 Å². The molecule has 0 amide bonds. The Morgan fingerprint density at radius 3 is 2.50 bits per heavy atom. The predicted molar refractivity (Wildman–Crippen MR) is 44.0 cm³/mol. The Morgan fingerprint density at radius 1 is 1.40 bits per heavy atom. The largest absolute Gasteiger partial charge is 0.412 e. The van der Waals surface area contributed by atoms with E-state index in [0.29, 0.717) is 0 Å². The summed E-state index contributed by atoms with van der Waals surface area (Å²) in [6.45, 7) is 0. The minimum absolute atomic E-state index is 0. The maximum absolute atomic E-state index is 5.49. The van der Waals surface area contributed by atoms with Crippen LogP contribution in [0.3, 0.4) is 0 Å². The number of hydrogen-bond donors (Lipinski definition) is 2. The van der Waals surface area contributed by atoms with Gasteiger partial charge in [0.05, 0.1) is 0 Å². The average molecular weight is 140 g/mol. The average Bonchev–Trinajstić information content (AvgIpc) is 1.88. The van der Waals surface area contributed by atoms with Crippen molar-refractivity contribution in [2.45, 2.75) is 0 Å². The van der Waals surface area contributed by atoms with E-state index in [4.69, 9.17) is 5.73 Å². The van der Waals surface area contributed by atoms with Crippen molar-refractivity contribution in [3.05, 3.63) is 24.3 Å². The quantitative estimate of drug-likeness (QED) is 0.557. The molecule has 0 aliphatic rings. The molecule has 0 fully saturated rings. The van der Waals surface area contributed by atoms with E-state index in [0.717, 1.165) is 11.4 Å². The van der Waals surface area contributed by atoms with E-state index in [1.54, 1.807) is 0 Å². The molecule has 0 saturated carbocycles. The Balaban J connectivity index is 0.000000810. The molecule has 3 nitrogen and oxygen atoms in total. The summed E-state index contributed by atoms with van der Waals surface area (Å²) < 4.78 is 0. The highest BCUT2D eigenvalue weighted by Gasteiger charge is 1.85. The second kappa shape index (κ2) is 3.74. The molecule has 1 aromatic carbocycles. The number of rotatable bonds is 1. The summed E-state index contributed by atoms with van der Waals surface area (Å²) in [5.74, 6) is 0. The summed E-state index contributed by atoms with van der Waals surface area (Å²) >= 11 is 0. The van der Waals surface area contributed by atoms with Gasteiger partial charge in [0.2, 0.25) is 0 Å². The SMILES string of the molecule is CNc1cccc(N)c1.O. The van der Waals surface area contributed by atoms with Crippen LogP contribution >= 0.6 is 0 Å². The lowest BCUT2D eigenvalue weighted by molar-refractivity contribution is 0.824. The van der Waals surface area contributed by atoms with E-state index in [2.05, 4.69) is 5.32 Å². The fourth-order valence-corrected chi connectivity index (χ4v) is 0.694. The highest BCUT2D eigenvalue weighted by molar-refractivity contribution is 5.53. The number of hydrogen-bond acceptors (Lipinski definition) is 2. The second-order valence-electron chi connectivity index (χ2n) is 1.88. The molecular formula is C7H12N2O. The molecule has 1 rings (SSSR count). The Morgan fingerprint density at radius 2 is 2.10 bits per heavy atom. The van der Waals surface area contributed by atoms with E-state index >= 15 is 0 Å². The molecule has 56 valence electrons. The van der Waals surface area contributed by atoms with Gasteiger partial charge >= 0.3 is 0 Å². The van der Waals surface area contributed by atoms with E-state index in [-0.39, 0.29) is 5.48 Å². The summed E-state index contributed by atoms with van der Waals surface area (Å²) in [5, 5.41) is 2.99. The fourth-order valence-electron chi connectivity index (χ4n) is 0.694. The van der Waals surface area contributed by atoms with Gasteiger partial charge in [-0.25, -0.2) is 0 Å². The van der Waals surface area contributed by atoms with Crippen molar-refractivity contribution >= 4 is 11.4 Å². The van der Waals surface area contributed by atoms with Gasteiger partial charge in [-0.05, 0) is 18.2 Å². The molecule has 0 bridgehead atoms. The van der Waals surface area contributed by atoms with E-state index in [1.807, 2.05) is 31.3 Å². The van der Waals surface area contributed by atoms with Crippen LogP contribution in [0.4, 0.5) is 11.4 Å². The zero-order valence-electron chi connectivity index (χ0n) is 5.89. The summed E-state index contributed by atoms with van der Waals surface area (Å²) in [4.78, 5) is 0. The summed E-state index contributed by atoms with van der Waals surface area (Å²) in [6.07, 6.45) is 0. The maximum atomic E-state index is 5.49. The standard InChI is InChI=1S/C7H10N2.H2O/c1-9-7-4-2-3-6(8)5-7;/h2-5,9H,8H2,1H3;1H2. The fraction of sp³-hybridized carbons (Fsp3) is 0.143. The first-order valence-corrected chi connectivity index (χ1v) is 2.86. The number of anilines is 2.